The molecule has 6 heteroatoms. The zero-order chi connectivity index (χ0) is 17.8. The summed E-state index contributed by atoms with van der Waals surface area (Å²) >= 11 is 5.97. The van der Waals surface area contributed by atoms with Gasteiger partial charge in [-0.15, -0.1) is 0 Å². The number of rotatable bonds is 5. The van der Waals surface area contributed by atoms with Gasteiger partial charge in [0.2, 0.25) is 5.91 Å². The largest absolute Gasteiger partial charge is 0.489 e. The number of amides is 1. The van der Waals surface area contributed by atoms with Crippen molar-refractivity contribution < 1.29 is 14.6 Å². The van der Waals surface area contributed by atoms with E-state index in [1.54, 1.807) is 0 Å². The van der Waals surface area contributed by atoms with E-state index in [1.165, 1.54) is 0 Å². The molecule has 1 aliphatic heterocycles. The average Bonchev–Trinajstić information content (AvgIpc) is 3.02. The molecular weight excluding hydrogens is 340 g/mol. The van der Waals surface area contributed by atoms with Gasteiger partial charge in [0, 0.05) is 17.3 Å². The Morgan fingerprint density at radius 1 is 1.36 bits per heavy atom. The van der Waals surface area contributed by atoms with Crippen LogP contribution >= 0.6 is 11.6 Å². The van der Waals surface area contributed by atoms with Gasteiger partial charge < -0.3 is 20.5 Å². The molecule has 2 atom stereocenters. The summed E-state index contributed by atoms with van der Waals surface area (Å²) in [4.78, 5) is 12.2. The fourth-order valence-corrected chi connectivity index (χ4v) is 3.01. The second kappa shape index (κ2) is 7.87. The molecule has 2 aromatic rings. The van der Waals surface area contributed by atoms with Crippen LogP contribution in [0.3, 0.4) is 0 Å². The van der Waals surface area contributed by atoms with Crippen LogP contribution in [-0.4, -0.2) is 29.7 Å². The molecule has 1 saturated heterocycles. The van der Waals surface area contributed by atoms with Gasteiger partial charge in [-0.3, -0.25) is 4.79 Å². The van der Waals surface area contributed by atoms with Crippen LogP contribution in [0.1, 0.15) is 17.5 Å². The first-order valence-corrected chi connectivity index (χ1v) is 8.59. The molecule has 1 aliphatic rings. The average molecular weight is 361 g/mol. The highest BCUT2D eigenvalue weighted by atomic mass is 35.5. The van der Waals surface area contributed by atoms with Crippen LogP contribution < -0.4 is 15.4 Å². The normalized spacial score (nSPS) is 19.6. The van der Waals surface area contributed by atoms with Gasteiger partial charge in [-0.1, -0.05) is 23.7 Å². The van der Waals surface area contributed by atoms with Gasteiger partial charge in [0.05, 0.1) is 12.1 Å². The van der Waals surface area contributed by atoms with Gasteiger partial charge in [-0.05, 0) is 54.8 Å². The van der Waals surface area contributed by atoms with Crippen LogP contribution in [0.15, 0.2) is 42.5 Å². The predicted molar refractivity (Wildman–Crippen MR) is 98.0 cm³/mol. The fourth-order valence-electron chi connectivity index (χ4n) is 2.80. The molecule has 5 nitrogen and oxygen atoms in total. The molecule has 3 rings (SSSR count). The summed E-state index contributed by atoms with van der Waals surface area (Å²) in [5, 5.41) is 16.1. The monoisotopic (exact) mass is 360 g/mol. The summed E-state index contributed by atoms with van der Waals surface area (Å²) in [5.74, 6) is 0.595. The number of carbonyl (C=O) groups is 1. The van der Waals surface area contributed by atoms with E-state index in [0.29, 0.717) is 24.6 Å². The lowest BCUT2D eigenvalue weighted by atomic mass is 10.1. The number of β-amino-alcohol motifs (C(OH)–C–C–N with tert-alkyl or cyclic N) is 1. The highest BCUT2D eigenvalue weighted by Crippen LogP contribution is 2.23. The Morgan fingerprint density at radius 2 is 2.20 bits per heavy atom. The number of ether oxygens (including phenoxy) is 1. The summed E-state index contributed by atoms with van der Waals surface area (Å²) in [6.45, 7) is 2.79. The maximum atomic E-state index is 12.2. The quantitative estimate of drug-likeness (QED) is 0.766. The lowest BCUT2D eigenvalue weighted by Gasteiger charge is -2.14. The molecule has 2 aromatic carbocycles. The minimum Gasteiger partial charge on any atom is -0.489 e. The third-order valence-electron chi connectivity index (χ3n) is 4.17. The number of halogens is 1. The first-order valence-electron chi connectivity index (χ1n) is 8.21. The highest BCUT2D eigenvalue weighted by Gasteiger charge is 2.28. The first kappa shape index (κ1) is 17.7. The number of benzene rings is 2. The molecule has 0 bridgehead atoms. The summed E-state index contributed by atoms with van der Waals surface area (Å²) in [5.41, 5.74) is 2.65. The topological polar surface area (TPSA) is 70.6 Å². The van der Waals surface area contributed by atoms with E-state index in [4.69, 9.17) is 16.3 Å². The zero-order valence-corrected chi connectivity index (χ0v) is 14.7. The van der Waals surface area contributed by atoms with Crippen LogP contribution in [0.4, 0.5) is 5.69 Å². The molecule has 3 N–H and O–H groups in total. The Hall–Kier alpha value is -2.08. The van der Waals surface area contributed by atoms with Crippen molar-refractivity contribution in [2.24, 2.45) is 0 Å². The number of anilines is 1. The minimum atomic E-state index is -0.459. The third-order valence-corrected chi connectivity index (χ3v) is 4.41. The van der Waals surface area contributed by atoms with E-state index in [1.807, 2.05) is 49.4 Å². The van der Waals surface area contributed by atoms with E-state index < -0.39 is 6.10 Å². The molecule has 2 unspecified atom stereocenters. The molecule has 0 radical (unpaired) electrons. The Kier molecular flexibility index (Phi) is 5.58. The molecular formula is C19H21ClN2O3. The van der Waals surface area contributed by atoms with Gasteiger partial charge in [-0.2, -0.15) is 0 Å². The van der Waals surface area contributed by atoms with Crippen LogP contribution in [0.2, 0.25) is 5.02 Å². The minimum absolute atomic E-state index is 0.132. The van der Waals surface area contributed by atoms with Crippen LogP contribution in [0, 0.1) is 6.92 Å². The van der Waals surface area contributed by atoms with Gasteiger partial charge >= 0.3 is 0 Å². The van der Waals surface area contributed by atoms with Crippen molar-refractivity contribution in [2.45, 2.75) is 32.1 Å². The van der Waals surface area contributed by atoms with Crippen molar-refractivity contribution in [1.82, 2.24) is 5.32 Å². The maximum absolute atomic E-state index is 12.2. The Bertz CT molecular complexity index is 766. The standard InChI is InChI=1S/C19H21ClN2O3/c1-12-7-16(25-11-13-3-2-4-14(20)8-13)5-6-17(12)22-19(24)18-9-15(23)10-21-18/h2-8,15,18,21,23H,9-11H2,1H3,(H,22,24). The molecule has 0 spiro atoms. The van der Waals surface area contributed by atoms with E-state index in [2.05, 4.69) is 10.6 Å². The zero-order valence-electron chi connectivity index (χ0n) is 14.0. The molecule has 25 heavy (non-hydrogen) atoms. The summed E-state index contributed by atoms with van der Waals surface area (Å²) in [7, 11) is 0. The van der Waals surface area contributed by atoms with Gasteiger partial charge in [0.15, 0.2) is 0 Å². The molecule has 0 aromatic heterocycles. The van der Waals surface area contributed by atoms with E-state index in [-0.39, 0.29) is 11.9 Å². The number of carbonyl (C=O) groups excluding carboxylic acids is 1. The van der Waals surface area contributed by atoms with Gasteiger partial charge in [0.25, 0.3) is 0 Å². The molecule has 0 aliphatic carbocycles. The summed E-state index contributed by atoms with van der Waals surface area (Å²) < 4.78 is 5.78. The van der Waals surface area contributed by atoms with Crippen LogP contribution in [-0.2, 0) is 11.4 Å². The van der Waals surface area contributed by atoms with Crippen molar-refractivity contribution in [3.8, 4) is 5.75 Å². The second-order valence-electron chi connectivity index (χ2n) is 6.23. The Morgan fingerprint density at radius 3 is 2.88 bits per heavy atom. The number of aliphatic hydroxyl groups excluding tert-OH is 1. The first-order chi connectivity index (χ1) is 12.0. The predicted octanol–water partition coefficient (Wildman–Crippen LogP) is 2.89. The van der Waals surface area contributed by atoms with Crippen molar-refractivity contribution in [3.63, 3.8) is 0 Å². The lowest BCUT2D eigenvalue weighted by molar-refractivity contribution is -0.117. The van der Waals surface area contributed by atoms with Gasteiger partial charge in [-0.25, -0.2) is 0 Å². The van der Waals surface area contributed by atoms with Crippen LogP contribution in [0.25, 0.3) is 0 Å². The Balaban J connectivity index is 1.59. The fraction of sp³-hybridized carbons (Fsp3) is 0.316. The van der Waals surface area contributed by atoms with E-state index >= 15 is 0 Å². The number of hydrogen-bond donors (Lipinski definition) is 3. The third kappa shape index (κ3) is 4.72. The van der Waals surface area contributed by atoms with Crippen molar-refractivity contribution >= 4 is 23.2 Å². The van der Waals surface area contributed by atoms with Crippen LogP contribution in [0.5, 0.6) is 5.75 Å². The van der Waals surface area contributed by atoms with Crippen molar-refractivity contribution in [2.75, 3.05) is 11.9 Å². The smallest absolute Gasteiger partial charge is 0.241 e. The highest BCUT2D eigenvalue weighted by molar-refractivity contribution is 6.30. The Labute approximate surface area is 152 Å². The number of nitrogens with one attached hydrogen (secondary N) is 2. The lowest BCUT2D eigenvalue weighted by Crippen LogP contribution is -2.35. The second-order valence-corrected chi connectivity index (χ2v) is 6.67. The number of aliphatic hydroxyl groups is 1. The molecule has 1 fully saturated rings. The summed E-state index contributed by atoms with van der Waals surface area (Å²) in [6, 6.07) is 12.7. The number of hydrogen-bond acceptors (Lipinski definition) is 4. The molecule has 0 saturated carbocycles. The summed E-state index contributed by atoms with van der Waals surface area (Å²) in [6.07, 6.45) is -0.0229. The van der Waals surface area contributed by atoms with E-state index in [0.717, 1.165) is 22.6 Å². The maximum Gasteiger partial charge on any atom is 0.241 e. The number of aryl methyl sites for hydroxylation is 1. The van der Waals surface area contributed by atoms with Gasteiger partial charge in [0.1, 0.15) is 12.4 Å². The molecule has 132 valence electrons. The van der Waals surface area contributed by atoms with Crippen molar-refractivity contribution in [3.05, 3.63) is 58.6 Å². The SMILES string of the molecule is Cc1cc(OCc2cccc(Cl)c2)ccc1NC(=O)C1CC(O)CN1. The van der Waals surface area contributed by atoms with Crippen molar-refractivity contribution in [1.29, 1.82) is 0 Å². The molecule has 1 amide bonds. The molecule has 1 heterocycles. The van der Waals surface area contributed by atoms with E-state index in [9.17, 15) is 9.90 Å².